The maximum atomic E-state index is 12.5. The van der Waals surface area contributed by atoms with Crippen molar-refractivity contribution in [3.8, 4) is 5.75 Å². The molecule has 0 aliphatic carbocycles. The van der Waals surface area contributed by atoms with Crippen molar-refractivity contribution >= 4 is 34.8 Å². The number of benzene rings is 2. The van der Waals surface area contributed by atoms with Crippen molar-refractivity contribution in [1.82, 2.24) is 0 Å². The SMILES string of the molecule is COc1ccc(NC(C)=O)c(NC(=O)c2ccc(NC(=O)C(C)C)cc2)c1. The van der Waals surface area contributed by atoms with Gasteiger partial charge in [0.25, 0.3) is 5.91 Å². The Morgan fingerprint density at radius 1 is 0.889 bits per heavy atom. The minimum Gasteiger partial charge on any atom is -0.497 e. The van der Waals surface area contributed by atoms with Gasteiger partial charge in [0.2, 0.25) is 11.8 Å². The van der Waals surface area contributed by atoms with Crippen LogP contribution < -0.4 is 20.7 Å². The predicted molar refractivity (Wildman–Crippen MR) is 105 cm³/mol. The zero-order chi connectivity index (χ0) is 20.0. The van der Waals surface area contributed by atoms with E-state index in [1.807, 2.05) is 0 Å². The highest BCUT2D eigenvalue weighted by atomic mass is 16.5. The second kappa shape index (κ2) is 8.84. The molecule has 0 saturated carbocycles. The largest absolute Gasteiger partial charge is 0.497 e. The topological polar surface area (TPSA) is 96.5 Å². The number of methoxy groups -OCH3 is 1. The van der Waals surface area contributed by atoms with E-state index in [4.69, 9.17) is 4.74 Å². The molecule has 3 amide bonds. The van der Waals surface area contributed by atoms with E-state index >= 15 is 0 Å². The van der Waals surface area contributed by atoms with Crippen LogP contribution in [0.25, 0.3) is 0 Å². The Morgan fingerprint density at radius 2 is 1.56 bits per heavy atom. The fourth-order valence-corrected chi connectivity index (χ4v) is 2.24. The molecule has 7 nitrogen and oxygen atoms in total. The first kappa shape index (κ1) is 20.0. The van der Waals surface area contributed by atoms with Gasteiger partial charge in [0.15, 0.2) is 0 Å². The summed E-state index contributed by atoms with van der Waals surface area (Å²) in [4.78, 5) is 35.6. The molecule has 7 heteroatoms. The minimum absolute atomic E-state index is 0.0940. The Hall–Kier alpha value is -3.35. The Labute approximate surface area is 158 Å². The fraction of sp³-hybridized carbons (Fsp3) is 0.250. The van der Waals surface area contributed by atoms with Gasteiger partial charge in [0.05, 0.1) is 18.5 Å². The van der Waals surface area contributed by atoms with Crippen LogP contribution in [-0.4, -0.2) is 24.8 Å². The molecule has 0 bridgehead atoms. The van der Waals surface area contributed by atoms with E-state index in [1.54, 1.807) is 56.3 Å². The average molecular weight is 369 g/mol. The molecular weight excluding hydrogens is 346 g/mol. The summed E-state index contributed by atoms with van der Waals surface area (Å²) in [6.07, 6.45) is 0. The number of rotatable bonds is 6. The lowest BCUT2D eigenvalue weighted by Crippen LogP contribution is -2.18. The lowest BCUT2D eigenvalue weighted by Gasteiger charge is -2.13. The maximum Gasteiger partial charge on any atom is 0.255 e. The fourth-order valence-electron chi connectivity index (χ4n) is 2.24. The van der Waals surface area contributed by atoms with Crippen LogP contribution >= 0.6 is 0 Å². The normalized spacial score (nSPS) is 10.3. The molecule has 0 unspecified atom stereocenters. The Balaban J connectivity index is 2.16. The lowest BCUT2D eigenvalue weighted by molar-refractivity contribution is -0.119. The van der Waals surface area contributed by atoms with Crippen molar-refractivity contribution in [1.29, 1.82) is 0 Å². The third-order valence-electron chi connectivity index (χ3n) is 3.72. The first-order chi connectivity index (χ1) is 12.8. The molecule has 2 aromatic rings. The molecule has 3 N–H and O–H groups in total. The smallest absolute Gasteiger partial charge is 0.255 e. The standard InChI is InChI=1S/C20H23N3O4/c1-12(2)19(25)22-15-7-5-14(6-8-15)20(26)23-18-11-16(27-4)9-10-17(18)21-13(3)24/h5-12H,1-4H3,(H,21,24)(H,22,25)(H,23,26). The number of amides is 3. The molecule has 142 valence electrons. The predicted octanol–water partition coefficient (Wildman–Crippen LogP) is 3.50. The van der Waals surface area contributed by atoms with E-state index in [0.29, 0.717) is 28.4 Å². The van der Waals surface area contributed by atoms with Gasteiger partial charge in [-0.25, -0.2) is 0 Å². The summed E-state index contributed by atoms with van der Waals surface area (Å²) in [5, 5.41) is 8.20. The number of carbonyl (C=O) groups is 3. The number of ether oxygens (including phenoxy) is 1. The van der Waals surface area contributed by atoms with Gasteiger partial charge in [0, 0.05) is 30.2 Å². The van der Waals surface area contributed by atoms with Crippen LogP contribution in [-0.2, 0) is 9.59 Å². The molecule has 27 heavy (non-hydrogen) atoms. The number of anilines is 3. The molecule has 0 aromatic heterocycles. The molecule has 0 spiro atoms. The van der Waals surface area contributed by atoms with Gasteiger partial charge in [-0.2, -0.15) is 0 Å². The van der Waals surface area contributed by atoms with Crippen molar-refractivity contribution in [3.63, 3.8) is 0 Å². The Bertz CT molecular complexity index is 845. The Morgan fingerprint density at radius 3 is 2.11 bits per heavy atom. The van der Waals surface area contributed by atoms with Crippen molar-refractivity contribution in [2.24, 2.45) is 5.92 Å². The van der Waals surface area contributed by atoms with Crippen LogP contribution in [0.15, 0.2) is 42.5 Å². The first-order valence-corrected chi connectivity index (χ1v) is 8.48. The summed E-state index contributed by atoms with van der Waals surface area (Å²) in [5.74, 6) is -0.277. The quantitative estimate of drug-likeness (QED) is 0.726. The molecule has 0 saturated heterocycles. The molecule has 2 aromatic carbocycles. The highest BCUT2D eigenvalue weighted by molar-refractivity contribution is 6.07. The molecule has 0 fully saturated rings. The number of carbonyl (C=O) groups excluding carboxylic acids is 3. The van der Waals surface area contributed by atoms with Crippen LogP contribution in [0, 0.1) is 5.92 Å². The second-order valence-electron chi connectivity index (χ2n) is 6.27. The monoisotopic (exact) mass is 369 g/mol. The van der Waals surface area contributed by atoms with Crippen LogP contribution in [0.5, 0.6) is 5.75 Å². The van der Waals surface area contributed by atoms with E-state index in [-0.39, 0.29) is 23.6 Å². The van der Waals surface area contributed by atoms with Crippen molar-refractivity contribution in [3.05, 3.63) is 48.0 Å². The summed E-state index contributed by atoms with van der Waals surface area (Å²) >= 11 is 0. The number of nitrogens with one attached hydrogen (secondary N) is 3. The summed E-state index contributed by atoms with van der Waals surface area (Å²) in [7, 11) is 1.52. The van der Waals surface area contributed by atoms with Crippen LogP contribution in [0.3, 0.4) is 0 Å². The Kier molecular flexibility index (Phi) is 6.54. The lowest BCUT2D eigenvalue weighted by atomic mass is 10.1. The van der Waals surface area contributed by atoms with Gasteiger partial charge in [-0.1, -0.05) is 13.8 Å². The third-order valence-corrected chi connectivity index (χ3v) is 3.72. The molecule has 0 aliphatic rings. The summed E-state index contributed by atoms with van der Waals surface area (Å²) < 4.78 is 5.17. The van der Waals surface area contributed by atoms with Gasteiger partial charge in [-0.3, -0.25) is 14.4 Å². The molecule has 0 aliphatic heterocycles. The van der Waals surface area contributed by atoms with E-state index in [9.17, 15) is 14.4 Å². The van der Waals surface area contributed by atoms with Gasteiger partial charge < -0.3 is 20.7 Å². The molecule has 2 rings (SSSR count). The maximum absolute atomic E-state index is 12.5. The average Bonchev–Trinajstić information content (AvgIpc) is 2.63. The van der Waals surface area contributed by atoms with Crippen molar-refractivity contribution < 1.29 is 19.1 Å². The zero-order valence-electron chi connectivity index (χ0n) is 15.8. The molecule has 0 heterocycles. The van der Waals surface area contributed by atoms with Gasteiger partial charge in [0.1, 0.15) is 5.75 Å². The van der Waals surface area contributed by atoms with E-state index in [0.717, 1.165) is 0 Å². The second-order valence-corrected chi connectivity index (χ2v) is 6.27. The third kappa shape index (κ3) is 5.57. The van der Waals surface area contributed by atoms with Gasteiger partial charge >= 0.3 is 0 Å². The van der Waals surface area contributed by atoms with Crippen molar-refractivity contribution in [2.75, 3.05) is 23.1 Å². The van der Waals surface area contributed by atoms with Gasteiger partial charge in [-0.05, 0) is 36.4 Å². The first-order valence-electron chi connectivity index (χ1n) is 8.48. The minimum atomic E-state index is -0.350. The number of hydrogen-bond acceptors (Lipinski definition) is 4. The van der Waals surface area contributed by atoms with Gasteiger partial charge in [-0.15, -0.1) is 0 Å². The highest BCUT2D eigenvalue weighted by Gasteiger charge is 2.12. The molecule has 0 atom stereocenters. The van der Waals surface area contributed by atoms with Crippen LogP contribution in [0.4, 0.5) is 17.1 Å². The van der Waals surface area contributed by atoms with E-state index in [2.05, 4.69) is 16.0 Å². The van der Waals surface area contributed by atoms with E-state index < -0.39 is 0 Å². The zero-order valence-corrected chi connectivity index (χ0v) is 15.8. The highest BCUT2D eigenvalue weighted by Crippen LogP contribution is 2.27. The van der Waals surface area contributed by atoms with E-state index in [1.165, 1.54) is 14.0 Å². The summed E-state index contributed by atoms with van der Waals surface area (Å²) in [6.45, 7) is 5.00. The summed E-state index contributed by atoms with van der Waals surface area (Å²) in [6, 6.07) is 11.5. The van der Waals surface area contributed by atoms with Crippen LogP contribution in [0.2, 0.25) is 0 Å². The van der Waals surface area contributed by atoms with Crippen LogP contribution in [0.1, 0.15) is 31.1 Å². The van der Waals surface area contributed by atoms with Crippen molar-refractivity contribution in [2.45, 2.75) is 20.8 Å². The molecule has 0 radical (unpaired) electrons. The molecular formula is C20H23N3O4. The summed E-state index contributed by atoms with van der Waals surface area (Å²) in [5.41, 5.74) is 1.92. The number of hydrogen-bond donors (Lipinski definition) is 3.